The molecule has 0 bridgehead atoms. The maximum atomic E-state index is 13.0. The van der Waals surface area contributed by atoms with Crippen LogP contribution in [0.4, 0.5) is 5.69 Å². The van der Waals surface area contributed by atoms with Gasteiger partial charge in [0.2, 0.25) is 5.91 Å². The minimum absolute atomic E-state index is 0.154. The predicted octanol–water partition coefficient (Wildman–Crippen LogP) is 2.38. The van der Waals surface area contributed by atoms with Crippen molar-refractivity contribution in [1.82, 2.24) is 15.1 Å². The number of aromatic nitrogens is 2. The lowest BCUT2D eigenvalue weighted by atomic mass is 10.0. The smallest absolute Gasteiger partial charge is 0.269 e. The molecular formula is C24H27N5O5. The fourth-order valence-electron chi connectivity index (χ4n) is 3.21. The van der Waals surface area contributed by atoms with E-state index in [1.54, 1.807) is 48.7 Å². The number of ether oxygens (including phenoxy) is 2. The van der Waals surface area contributed by atoms with Gasteiger partial charge in [0.15, 0.2) is 0 Å². The van der Waals surface area contributed by atoms with Crippen molar-refractivity contribution >= 4 is 23.4 Å². The highest BCUT2D eigenvalue weighted by Crippen LogP contribution is 2.23. The van der Waals surface area contributed by atoms with Gasteiger partial charge < -0.3 is 25.8 Å². The van der Waals surface area contributed by atoms with E-state index < -0.39 is 17.9 Å². The van der Waals surface area contributed by atoms with Gasteiger partial charge in [0.25, 0.3) is 11.8 Å². The number of hydrogen-bond acceptors (Lipinski definition) is 6. The monoisotopic (exact) mass is 465 g/mol. The number of carbonyl (C=O) groups is 3. The number of benzene rings is 2. The average Bonchev–Trinajstić information content (AvgIpc) is 3.33. The number of nitrogens with two attached hydrogens (primary N) is 1. The topological polar surface area (TPSA) is 138 Å². The van der Waals surface area contributed by atoms with Gasteiger partial charge in [0.05, 0.1) is 19.9 Å². The summed E-state index contributed by atoms with van der Waals surface area (Å²) in [5.41, 5.74) is 6.93. The van der Waals surface area contributed by atoms with Crippen LogP contribution in [0.25, 0.3) is 5.69 Å². The van der Waals surface area contributed by atoms with Crippen LogP contribution < -0.4 is 25.8 Å². The van der Waals surface area contributed by atoms with Crippen molar-refractivity contribution in [2.24, 2.45) is 11.7 Å². The van der Waals surface area contributed by atoms with Gasteiger partial charge in [0, 0.05) is 23.5 Å². The van der Waals surface area contributed by atoms with Gasteiger partial charge in [-0.3, -0.25) is 14.4 Å². The van der Waals surface area contributed by atoms with Crippen LogP contribution >= 0.6 is 0 Å². The zero-order chi connectivity index (χ0) is 24.8. The van der Waals surface area contributed by atoms with Gasteiger partial charge in [-0.1, -0.05) is 13.8 Å². The molecule has 0 spiro atoms. The van der Waals surface area contributed by atoms with E-state index in [0.29, 0.717) is 28.4 Å². The molecule has 2 aromatic carbocycles. The van der Waals surface area contributed by atoms with E-state index in [2.05, 4.69) is 15.7 Å². The number of nitrogens with zero attached hydrogens (tertiary/aromatic N) is 2. The number of primary amides is 1. The van der Waals surface area contributed by atoms with Crippen molar-refractivity contribution in [2.45, 2.75) is 19.9 Å². The molecule has 1 heterocycles. The van der Waals surface area contributed by atoms with Crippen molar-refractivity contribution in [3.8, 4) is 17.2 Å². The molecule has 4 N–H and O–H groups in total. The van der Waals surface area contributed by atoms with Crippen LogP contribution in [-0.2, 0) is 4.79 Å². The molecule has 0 aliphatic heterocycles. The van der Waals surface area contributed by atoms with E-state index in [-0.39, 0.29) is 17.5 Å². The zero-order valence-corrected chi connectivity index (χ0v) is 19.4. The Hall–Kier alpha value is -4.34. The first-order valence-electron chi connectivity index (χ1n) is 10.5. The third kappa shape index (κ3) is 5.71. The van der Waals surface area contributed by atoms with Crippen LogP contribution in [0.1, 0.15) is 34.7 Å². The molecule has 178 valence electrons. The van der Waals surface area contributed by atoms with Crippen LogP contribution in [0, 0.1) is 5.92 Å². The van der Waals surface area contributed by atoms with Crippen LogP contribution in [0.2, 0.25) is 0 Å². The Morgan fingerprint density at radius 1 is 0.971 bits per heavy atom. The largest absolute Gasteiger partial charge is 0.497 e. The summed E-state index contributed by atoms with van der Waals surface area (Å²) in [6.07, 6.45) is 1.62. The van der Waals surface area contributed by atoms with Gasteiger partial charge in [-0.2, -0.15) is 5.10 Å². The molecule has 1 atom stereocenters. The van der Waals surface area contributed by atoms with E-state index in [9.17, 15) is 14.4 Å². The quantitative estimate of drug-likeness (QED) is 0.444. The second kappa shape index (κ2) is 10.5. The first-order chi connectivity index (χ1) is 16.2. The second-order valence-corrected chi connectivity index (χ2v) is 7.84. The van der Waals surface area contributed by atoms with Gasteiger partial charge in [-0.25, -0.2) is 4.68 Å². The summed E-state index contributed by atoms with van der Waals surface area (Å²) in [5, 5.41) is 9.70. The molecule has 0 radical (unpaired) electrons. The predicted molar refractivity (Wildman–Crippen MR) is 126 cm³/mol. The number of methoxy groups -OCH3 is 2. The Morgan fingerprint density at radius 2 is 1.59 bits per heavy atom. The Morgan fingerprint density at radius 3 is 2.09 bits per heavy atom. The summed E-state index contributed by atoms with van der Waals surface area (Å²) in [4.78, 5) is 37.0. The van der Waals surface area contributed by atoms with Gasteiger partial charge in [-0.05, 0) is 48.4 Å². The Bertz CT molecular complexity index is 1160. The molecule has 0 saturated carbocycles. The van der Waals surface area contributed by atoms with Gasteiger partial charge in [0.1, 0.15) is 23.2 Å². The molecule has 0 aliphatic carbocycles. The molecule has 3 amide bonds. The zero-order valence-electron chi connectivity index (χ0n) is 19.4. The maximum Gasteiger partial charge on any atom is 0.269 e. The highest BCUT2D eigenvalue weighted by molar-refractivity contribution is 6.01. The van der Waals surface area contributed by atoms with Crippen LogP contribution in [0.15, 0.2) is 54.7 Å². The summed E-state index contributed by atoms with van der Waals surface area (Å²) in [7, 11) is 2.99. The number of rotatable bonds is 9. The molecule has 10 heteroatoms. The van der Waals surface area contributed by atoms with Crippen molar-refractivity contribution in [3.05, 3.63) is 66.0 Å². The van der Waals surface area contributed by atoms with E-state index >= 15 is 0 Å². The summed E-state index contributed by atoms with van der Waals surface area (Å²) in [6.45, 7) is 3.68. The number of carbonyl (C=O) groups excluding carboxylic acids is 3. The number of nitrogens with one attached hydrogen (secondary N) is 2. The lowest BCUT2D eigenvalue weighted by Gasteiger charge is -2.22. The van der Waals surface area contributed by atoms with Crippen molar-refractivity contribution < 1.29 is 23.9 Å². The van der Waals surface area contributed by atoms with Gasteiger partial charge in [-0.15, -0.1) is 0 Å². The SMILES string of the molecule is COc1cc(OC)cc(C(=O)NC(C(=O)Nc2ccc(-n3ccc(C(N)=O)n3)cc2)C(C)C)c1. The molecule has 0 fully saturated rings. The molecule has 3 aromatic rings. The molecule has 34 heavy (non-hydrogen) atoms. The third-order valence-corrected chi connectivity index (χ3v) is 5.09. The lowest BCUT2D eigenvalue weighted by molar-refractivity contribution is -0.118. The first kappa shape index (κ1) is 24.3. The fourth-order valence-corrected chi connectivity index (χ4v) is 3.21. The van der Waals surface area contributed by atoms with Crippen LogP contribution in [0.5, 0.6) is 11.5 Å². The summed E-state index contributed by atoms with van der Waals surface area (Å²) >= 11 is 0. The normalized spacial score (nSPS) is 11.6. The molecule has 0 aliphatic rings. The highest BCUT2D eigenvalue weighted by Gasteiger charge is 2.25. The average molecular weight is 466 g/mol. The molecular weight excluding hydrogens is 438 g/mol. The molecule has 3 rings (SSSR count). The maximum absolute atomic E-state index is 13.0. The molecule has 10 nitrogen and oxygen atoms in total. The first-order valence-corrected chi connectivity index (χ1v) is 10.5. The Labute approximate surface area is 197 Å². The Kier molecular flexibility index (Phi) is 7.52. The van der Waals surface area contributed by atoms with Gasteiger partial charge >= 0.3 is 0 Å². The van der Waals surface area contributed by atoms with E-state index in [1.807, 2.05) is 13.8 Å². The minimum Gasteiger partial charge on any atom is -0.497 e. The fraction of sp³-hybridized carbons (Fsp3) is 0.250. The Balaban J connectivity index is 1.71. The van der Waals surface area contributed by atoms with Crippen LogP contribution in [0.3, 0.4) is 0 Å². The third-order valence-electron chi connectivity index (χ3n) is 5.09. The highest BCUT2D eigenvalue weighted by atomic mass is 16.5. The summed E-state index contributed by atoms with van der Waals surface area (Å²) in [6, 6.07) is 12.4. The molecule has 1 aromatic heterocycles. The van der Waals surface area contributed by atoms with E-state index in [0.717, 1.165) is 0 Å². The van der Waals surface area contributed by atoms with Crippen molar-refractivity contribution in [1.29, 1.82) is 0 Å². The standard InChI is InChI=1S/C24H27N5O5/c1-14(2)21(27-23(31)15-11-18(33-3)13-19(12-15)34-4)24(32)26-16-5-7-17(8-6-16)29-10-9-20(28-29)22(25)30/h5-14,21H,1-4H3,(H2,25,30)(H,26,32)(H,27,31). The number of amides is 3. The molecule has 0 saturated heterocycles. The lowest BCUT2D eigenvalue weighted by Crippen LogP contribution is -2.47. The van der Waals surface area contributed by atoms with Crippen molar-refractivity contribution in [2.75, 3.05) is 19.5 Å². The molecule has 1 unspecified atom stereocenters. The summed E-state index contributed by atoms with van der Waals surface area (Å²) < 4.78 is 11.9. The van der Waals surface area contributed by atoms with Crippen molar-refractivity contribution in [3.63, 3.8) is 0 Å². The number of anilines is 1. The van der Waals surface area contributed by atoms with E-state index in [4.69, 9.17) is 15.2 Å². The second-order valence-electron chi connectivity index (χ2n) is 7.84. The van der Waals surface area contributed by atoms with Crippen LogP contribution in [-0.4, -0.2) is 47.8 Å². The minimum atomic E-state index is -0.784. The number of hydrogen-bond donors (Lipinski definition) is 3. The van der Waals surface area contributed by atoms with E-state index in [1.165, 1.54) is 25.0 Å². The summed E-state index contributed by atoms with van der Waals surface area (Å²) in [5.74, 6) is -0.638.